The number of benzene rings is 3. The molecule has 0 aromatic heterocycles. The molecular formula is C26H27FN2O2S. The summed E-state index contributed by atoms with van der Waals surface area (Å²) in [5.74, 6) is 0.271. The van der Waals surface area contributed by atoms with E-state index in [4.69, 9.17) is 0 Å². The molecule has 0 aliphatic heterocycles. The highest BCUT2D eigenvalue weighted by atomic mass is 32.2. The van der Waals surface area contributed by atoms with E-state index in [1.54, 1.807) is 24.1 Å². The second-order valence-electron chi connectivity index (χ2n) is 7.45. The maximum Gasteiger partial charge on any atom is 0.242 e. The zero-order valence-electron chi connectivity index (χ0n) is 18.0. The molecule has 0 fully saturated rings. The van der Waals surface area contributed by atoms with Crippen molar-refractivity contribution in [2.45, 2.75) is 24.8 Å². The van der Waals surface area contributed by atoms with Gasteiger partial charge in [-0.2, -0.15) is 0 Å². The van der Waals surface area contributed by atoms with E-state index < -0.39 is 6.04 Å². The fraction of sp³-hybridized carbons (Fsp3) is 0.231. The Labute approximate surface area is 192 Å². The molecule has 32 heavy (non-hydrogen) atoms. The maximum atomic E-state index is 13.4. The van der Waals surface area contributed by atoms with Crippen molar-refractivity contribution in [3.63, 3.8) is 0 Å². The Morgan fingerprint density at radius 3 is 2.06 bits per heavy atom. The molecule has 1 atom stereocenters. The zero-order chi connectivity index (χ0) is 22.8. The van der Waals surface area contributed by atoms with Crippen LogP contribution in [0.15, 0.2) is 84.9 Å². The number of likely N-dealkylation sites (N-methyl/N-ethyl adjacent to an activating group) is 1. The van der Waals surface area contributed by atoms with Crippen LogP contribution in [0.25, 0.3) is 0 Å². The standard InChI is InChI=1S/C26H27FN2O2S/c1-28-26(31)24(16-20-8-4-2-5-9-20)29(17-21-12-14-23(27)15-13-21)25(30)19-32-18-22-10-6-3-7-11-22/h2-15,24H,16-19H2,1H3,(H,28,31)/t24-/m1/s1. The molecule has 0 radical (unpaired) electrons. The van der Waals surface area contributed by atoms with E-state index in [0.717, 1.165) is 16.7 Å². The van der Waals surface area contributed by atoms with Gasteiger partial charge in [-0.15, -0.1) is 11.8 Å². The van der Waals surface area contributed by atoms with E-state index in [2.05, 4.69) is 5.32 Å². The molecule has 0 aliphatic carbocycles. The van der Waals surface area contributed by atoms with Crippen LogP contribution in [0.2, 0.25) is 0 Å². The molecule has 3 rings (SSSR count). The van der Waals surface area contributed by atoms with Crippen LogP contribution < -0.4 is 5.32 Å². The van der Waals surface area contributed by atoms with Gasteiger partial charge in [-0.25, -0.2) is 4.39 Å². The van der Waals surface area contributed by atoms with Crippen molar-refractivity contribution in [2.75, 3.05) is 12.8 Å². The third-order valence-corrected chi connectivity index (χ3v) is 6.11. The van der Waals surface area contributed by atoms with E-state index in [9.17, 15) is 14.0 Å². The van der Waals surface area contributed by atoms with E-state index >= 15 is 0 Å². The minimum atomic E-state index is -0.669. The molecule has 0 heterocycles. The summed E-state index contributed by atoms with van der Waals surface area (Å²) >= 11 is 1.52. The molecule has 0 spiro atoms. The topological polar surface area (TPSA) is 49.4 Å². The van der Waals surface area contributed by atoms with Crippen LogP contribution in [0.1, 0.15) is 16.7 Å². The SMILES string of the molecule is CNC(=O)[C@@H](Cc1ccccc1)N(Cc1ccc(F)cc1)C(=O)CSCc1ccccc1. The number of carbonyl (C=O) groups is 2. The van der Waals surface area contributed by atoms with Crippen molar-refractivity contribution >= 4 is 23.6 Å². The van der Waals surface area contributed by atoms with Gasteiger partial charge < -0.3 is 10.2 Å². The van der Waals surface area contributed by atoms with E-state index in [1.807, 2.05) is 60.7 Å². The van der Waals surface area contributed by atoms with Crippen LogP contribution >= 0.6 is 11.8 Å². The molecule has 0 saturated heterocycles. The van der Waals surface area contributed by atoms with Crippen LogP contribution in [0.4, 0.5) is 4.39 Å². The predicted octanol–water partition coefficient (Wildman–Crippen LogP) is 4.45. The molecule has 166 valence electrons. The Morgan fingerprint density at radius 1 is 0.875 bits per heavy atom. The number of hydrogen-bond acceptors (Lipinski definition) is 3. The quantitative estimate of drug-likeness (QED) is 0.497. The van der Waals surface area contributed by atoms with Crippen LogP contribution in [0.3, 0.4) is 0 Å². The Hall–Kier alpha value is -3.12. The van der Waals surface area contributed by atoms with Gasteiger partial charge in [0.1, 0.15) is 11.9 Å². The molecular weight excluding hydrogens is 423 g/mol. The number of amides is 2. The first-order chi connectivity index (χ1) is 15.6. The van der Waals surface area contributed by atoms with Crippen LogP contribution in [-0.4, -0.2) is 35.6 Å². The summed E-state index contributed by atoms with van der Waals surface area (Å²) < 4.78 is 13.4. The number of nitrogens with zero attached hydrogens (tertiary/aromatic N) is 1. The van der Waals surface area contributed by atoms with Crippen molar-refractivity contribution in [3.8, 4) is 0 Å². The van der Waals surface area contributed by atoms with E-state index in [1.165, 1.54) is 23.9 Å². The zero-order valence-corrected chi connectivity index (χ0v) is 18.9. The smallest absolute Gasteiger partial charge is 0.242 e. The monoisotopic (exact) mass is 450 g/mol. The lowest BCUT2D eigenvalue weighted by molar-refractivity contribution is -0.139. The van der Waals surface area contributed by atoms with Gasteiger partial charge in [-0.3, -0.25) is 9.59 Å². The van der Waals surface area contributed by atoms with E-state index in [0.29, 0.717) is 12.2 Å². The first kappa shape index (κ1) is 23.5. The maximum absolute atomic E-state index is 13.4. The van der Waals surface area contributed by atoms with Crippen molar-refractivity contribution in [1.29, 1.82) is 0 Å². The van der Waals surface area contributed by atoms with Gasteiger partial charge in [-0.05, 0) is 28.8 Å². The fourth-order valence-corrected chi connectivity index (χ4v) is 4.29. The summed E-state index contributed by atoms with van der Waals surface area (Å²) in [7, 11) is 1.57. The fourth-order valence-electron chi connectivity index (χ4n) is 3.42. The molecule has 0 unspecified atom stereocenters. The minimum Gasteiger partial charge on any atom is -0.357 e. The van der Waals surface area contributed by atoms with Gasteiger partial charge in [0.25, 0.3) is 0 Å². The Balaban J connectivity index is 1.80. The Morgan fingerprint density at radius 2 is 1.47 bits per heavy atom. The largest absolute Gasteiger partial charge is 0.357 e. The van der Waals surface area contributed by atoms with Crippen molar-refractivity contribution in [3.05, 3.63) is 107 Å². The highest BCUT2D eigenvalue weighted by molar-refractivity contribution is 7.99. The van der Waals surface area contributed by atoms with Crippen LogP contribution in [0.5, 0.6) is 0 Å². The average molecular weight is 451 g/mol. The number of carbonyl (C=O) groups excluding carboxylic acids is 2. The second kappa shape index (κ2) is 12.1. The molecule has 1 N–H and O–H groups in total. The van der Waals surface area contributed by atoms with Crippen molar-refractivity contribution in [1.82, 2.24) is 10.2 Å². The molecule has 3 aromatic carbocycles. The number of halogens is 1. The first-order valence-corrected chi connectivity index (χ1v) is 11.6. The molecule has 6 heteroatoms. The third kappa shape index (κ3) is 6.95. The molecule has 3 aromatic rings. The van der Waals surface area contributed by atoms with E-state index in [-0.39, 0.29) is 29.9 Å². The van der Waals surface area contributed by atoms with Gasteiger partial charge >= 0.3 is 0 Å². The number of nitrogens with one attached hydrogen (secondary N) is 1. The van der Waals surface area contributed by atoms with Gasteiger partial charge in [0.15, 0.2) is 0 Å². The summed E-state index contributed by atoms with van der Waals surface area (Å²) in [5.41, 5.74) is 2.88. The normalized spacial score (nSPS) is 11.6. The lowest BCUT2D eigenvalue weighted by Gasteiger charge is -2.31. The first-order valence-electron chi connectivity index (χ1n) is 10.5. The summed E-state index contributed by atoms with van der Waals surface area (Å²) in [4.78, 5) is 27.7. The van der Waals surface area contributed by atoms with Crippen LogP contribution in [-0.2, 0) is 28.3 Å². The number of thioether (sulfide) groups is 1. The molecule has 0 saturated carbocycles. The second-order valence-corrected chi connectivity index (χ2v) is 8.43. The summed E-state index contributed by atoms with van der Waals surface area (Å²) in [6.45, 7) is 0.232. The Kier molecular flexibility index (Phi) is 8.87. The van der Waals surface area contributed by atoms with Crippen molar-refractivity contribution < 1.29 is 14.0 Å². The molecule has 0 aliphatic rings. The molecule has 0 bridgehead atoms. The predicted molar refractivity (Wildman–Crippen MR) is 128 cm³/mol. The minimum absolute atomic E-state index is 0.125. The molecule has 2 amide bonds. The highest BCUT2D eigenvalue weighted by Crippen LogP contribution is 2.18. The lowest BCUT2D eigenvalue weighted by Crippen LogP contribution is -2.50. The van der Waals surface area contributed by atoms with Crippen LogP contribution in [0, 0.1) is 5.82 Å². The summed E-state index contributed by atoms with van der Waals surface area (Å²) in [6, 6.07) is 25.0. The van der Waals surface area contributed by atoms with Crippen molar-refractivity contribution in [2.24, 2.45) is 0 Å². The summed E-state index contributed by atoms with van der Waals surface area (Å²) in [5, 5.41) is 2.70. The average Bonchev–Trinajstić information content (AvgIpc) is 2.83. The number of rotatable bonds is 10. The summed E-state index contributed by atoms with van der Waals surface area (Å²) in [6.07, 6.45) is 0.400. The van der Waals surface area contributed by atoms with Gasteiger partial charge in [0.05, 0.1) is 5.75 Å². The lowest BCUT2D eigenvalue weighted by atomic mass is 10.0. The van der Waals surface area contributed by atoms with Gasteiger partial charge in [0, 0.05) is 25.8 Å². The highest BCUT2D eigenvalue weighted by Gasteiger charge is 2.29. The van der Waals surface area contributed by atoms with Gasteiger partial charge in [0.2, 0.25) is 11.8 Å². The third-order valence-electron chi connectivity index (χ3n) is 5.12. The Bertz CT molecular complexity index is 997. The molecule has 4 nitrogen and oxygen atoms in total. The van der Waals surface area contributed by atoms with Gasteiger partial charge in [-0.1, -0.05) is 72.8 Å². The number of hydrogen-bond donors (Lipinski definition) is 1.